The summed E-state index contributed by atoms with van der Waals surface area (Å²) in [6, 6.07) is 14.0. The van der Waals surface area contributed by atoms with Crippen LogP contribution >= 0.6 is 11.3 Å². The maximum absolute atomic E-state index is 13.7. The molecule has 0 atom stereocenters. The van der Waals surface area contributed by atoms with E-state index >= 15 is 0 Å². The van der Waals surface area contributed by atoms with Crippen LogP contribution in [0.2, 0.25) is 0 Å². The average molecular weight is 326 g/mol. The SMILES string of the molecule is Cc1ccc(C(=O)Nc2ncc(Cc3ccccc3F)s2)cc1. The van der Waals surface area contributed by atoms with Crippen LogP contribution in [0.25, 0.3) is 0 Å². The largest absolute Gasteiger partial charge is 0.298 e. The van der Waals surface area contributed by atoms with Crippen LogP contribution in [0.15, 0.2) is 54.7 Å². The second-order valence-corrected chi connectivity index (χ2v) is 6.34. The van der Waals surface area contributed by atoms with E-state index in [0.29, 0.717) is 22.7 Å². The number of benzene rings is 2. The number of hydrogen-bond acceptors (Lipinski definition) is 3. The van der Waals surface area contributed by atoms with Crippen molar-refractivity contribution < 1.29 is 9.18 Å². The third-order valence-electron chi connectivity index (χ3n) is 3.41. The van der Waals surface area contributed by atoms with Gasteiger partial charge in [-0.2, -0.15) is 0 Å². The average Bonchev–Trinajstić information content (AvgIpc) is 2.97. The summed E-state index contributed by atoms with van der Waals surface area (Å²) in [5.41, 5.74) is 2.30. The van der Waals surface area contributed by atoms with Gasteiger partial charge in [-0.15, -0.1) is 11.3 Å². The highest BCUT2D eigenvalue weighted by Gasteiger charge is 2.10. The highest BCUT2D eigenvalue weighted by atomic mass is 32.1. The normalized spacial score (nSPS) is 10.5. The van der Waals surface area contributed by atoms with Crippen molar-refractivity contribution in [1.82, 2.24) is 4.98 Å². The van der Waals surface area contributed by atoms with Gasteiger partial charge in [0.2, 0.25) is 0 Å². The van der Waals surface area contributed by atoms with E-state index in [0.717, 1.165) is 10.4 Å². The fourth-order valence-electron chi connectivity index (χ4n) is 2.15. The molecule has 0 aliphatic heterocycles. The van der Waals surface area contributed by atoms with E-state index in [2.05, 4.69) is 10.3 Å². The first kappa shape index (κ1) is 15.4. The van der Waals surface area contributed by atoms with Gasteiger partial charge in [-0.3, -0.25) is 10.1 Å². The molecule has 2 aromatic carbocycles. The summed E-state index contributed by atoms with van der Waals surface area (Å²) in [6.07, 6.45) is 2.13. The van der Waals surface area contributed by atoms with E-state index in [1.54, 1.807) is 36.5 Å². The summed E-state index contributed by atoms with van der Waals surface area (Å²) in [5, 5.41) is 3.29. The topological polar surface area (TPSA) is 42.0 Å². The molecule has 3 aromatic rings. The zero-order valence-corrected chi connectivity index (χ0v) is 13.4. The molecule has 1 N–H and O–H groups in total. The van der Waals surface area contributed by atoms with Gasteiger partial charge in [0, 0.05) is 23.1 Å². The predicted molar refractivity (Wildman–Crippen MR) is 90.5 cm³/mol. The number of amides is 1. The third-order valence-corrected chi connectivity index (χ3v) is 4.32. The Kier molecular flexibility index (Phi) is 4.48. The standard InChI is InChI=1S/C18H15FN2OS/c1-12-6-8-13(9-7-12)17(22)21-18-20-11-15(23-18)10-14-4-2-3-5-16(14)19/h2-9,11H,10H2,1H3,(H,20,21,22). The Morgan fingerprint density at radius 2 is 1.91 bits per heavy atom. The molecule has 0 bridgehead atoms. The first-order valence-electron chi connectivity index (χ1n) is 7.18. The molecule has 0 aliphatic rings. The molecule has 3 rings (SSSR count). The lowest BCUT2D eigenvalue weighted by atomic mass is 10.1. The zero-order chi connectivity index (χ0) is 16.2. The number of hydrogen-bond donors (Lipinski definition) is 1. The summed E-state index contributed by atoms with van der Waals surface area (Å²) < 4.78 is 13.7. The molecular formula is C18H15FN2OS. The van der Waals surface area contributed by atoms with Gasteiger partial charge in [-0.1, -0.05) is 35.9 Å². The number of nitrogens with one attached hydrogen (secondary N) is 1. The zero-order valence-electron chi connectivity index (χ0n) is 12.5. The molecule has 116 valence electrons. The fourth-order valence-corrected chi connectivity index (χ4v) is 2.98. The van der Waals surface area contributed by atoms with Crippen molar-refractivity contribution in [1.29, 1.82) is 0 Å². The highest BCUT2D eigenvalue weighted by molar-refractivity contribution is 7.15. The molecule has 0 spiro atoms. The highest BCUT2D eigenvalue weighted by Crippen LogP contribution is 2.22. The maximum Gasteiger partial charge on any atom is 0.257 e. The van der Waals surface area contributed by atoms with Gasteiger partial charge in [0.1, 0.15) is 5.82 Å². The van der Waals surface area contributed by atoms with Crippen molar-refractivity contribution in [3.63, 3.8) is 0 Å². The van der Waals surface area contributed by atoms with E-state index in [4.69, 9.17) is 0 Å². The number of nitrogens with zero attached hydrogens (tertiary/aromatic N) is 1. The van der Waals surface area contributed by atoms with Crippen LogP contribution in [0.1, 0.15) is 26.4 Å². The molecule has 0 fully saturated rings. The Hall–Kier alpha value is -2.53. The molecule has 0 unspecified atom stereocenters. The number of aromatic nitrogens is 1. The van der Waals surface area contributed by atoms with E-state index < -0.39 is 0 Å². The number of halogens is 1. The molecule has 23 heavy (non-hydrogen) atoms. The number of carbonyl (C=O) groups excluding carboxylic acids is 1. The molecule has 5 heteroatoms. The summed E-state index contributed by atoms with van der Waals surface area (Å²) in [6.45, 7) is 1.97. The number of carbonyl (C=O) groups is 1. The van der Waals surface area contributed by atoms with Crippen LogP contribution in [-0.2, 0) is 6.42 Å². The lowest BCUT2D eigenvalue weighted by molar-refractivity contribution is 0.102. The second-order valence-electron chi connectivity index (χ2n) is 5.22. The van der Waals surface area contributed by atoms with Gasteiger partial charge in [-0.05, 0) is 30.7 Å². The molecule has 0 saturated carbocycles. The summed E-state index contributed by atoms with van der Waals surface area (Å²) >= 11 is 1.35. The smallest absolute Gasteiger partial charge is 0.257 e. The van der Waals surface area contributed by atoms with E-state index in [1.807, 2.05) is 19.1 Å². The molecule has 3 nitrogen and oxygen atoms in total. The Balaban J connectivity index is 1.68. The second kappa shape index (κ2) is 6.71. The number of thiazole rings is 1. The molecular weight excluding hydrogens is 311 g/mol. The first-order chi connectivity index (χ1) is 11.1. The molecule has 1 aromatic heterocycles. The van der Waals surface area contributed by atoms with Crippen LogP contribution in [-0.4, -0.2) is 10.9 Å². The first-order valence-corrected chi connectivity index (χ1v) is 7.99. The third kappa shape index (κ3) is 3.81. The van der Waals surface area contributed by atoms with Gasteiger partial charge >= 0.3 is 0 Å². The minimum Gasteiger partial charge on any atom is -0.298 e. The van der Waals surface area contributed by atoms with Crippen LogP contribution in [0.3, 0.4) is 0 Å². The van der Waals surface area contributed by atoms with Crippen LogP contribution in [0.4, 0.5) is 9.52 Å². The quantitative estimate of drug-likeness (QED) is 0.770. The summed E-state index contributed by atoms with van der Waals surface area (Å²) in [5.74, 6) is -0.428. The Morgan fingerprint density at radius 3 is 2.65 bits per heavy atom. The monoisotopic (exact) mass is 326 g/mol. The van der Waals surface area contributed by atoms with Crippen molar-refractivity contribution in [3.05, 3.63) is 82.1 Å². The molecule has 0 saturated heterocycles. The van der Waals surface area contributed by atoms with E-state index in [1.165, 1.54) is 17.4 Å². The number of anilines is 1. The molecule has 1 heterocycles. The maximum atomic E-state index is 13.7. The summed E-state index contributed by atoms with van der Waals surface area (Å²) in [4.78, 5) is 17.2. The fraction of sp³-hybridized carbons (Fsp3) is 0.111. The number of rotatable bonds is 4. The van der Waals surface area contributed by atoms with E-state index in [9.17, 15) is 9.18 Å². The van der Waals surface area contributed by atoms with Gasteiger partial charge in [0.15, 0.2) is 5.13 Å². The minimum absolute atomic E-state index is 0.197. The Bertz CT molecular complexity index is 827. The van der Waals surface area contributed by atoms with Gasteiger partial charge in [-0.25, -0.2) is 9.37 Å². The number of aryl methyl sites for hydroxylation is 1. The molecule has 0 aliphatic carbocycles. The van der Waals surface area contributed by atoms with Gasteiger partial charge < -0.3 is 0 Å². The Labute approximate surface area is 137 Å². The van der Waals surface area contributed by atoms with Crippen LogP contribution in [0, 0.1) is 12.7 Å². The lowest BCUT2D eigenvalue weighted by Gasteiger charge is -2.02. The van der Waals surface area contributed by atoms with Crippen LogP contribution in [0.5, 0.6) is 0 Å². The van der Waals surface area contributed by atoms with Gasteiger partial charge in [0.05, 0.1) is 0 Å². The lowest BCUT2D eigenvalue weighted by Crippen LogP contribution is -2.11. The van der Waals surface area contributed by atoms with Crippen LogP contribution < -0.4 is 5.32 Å². The predicted octanol–water partition coefficient (Wildman–Crippen LogP) is 4.43. The van der Waals surface area contributed by atoms with E-state index in [-0.39, 0.29) is 11.7 Å². The Morgan fingerprint density at radius 1 is 1.17 bits per heavy atom. The van der Waals surface area contributed by atoms with Crippen molar-refractivity contribution in [2.24, 2.45) is 0 Å². The van der Waals surface area contributed by atoms with Crippen molar-refractivity contribution in [3.8, 4) is 0 Å². The van der Waals surface area contributed by atoms with Crippen molar-refractivity contribution >= 4 is 22.4 Å². The molecule has 1 amide bonds. The van der Waals surface area contributed by atoms with Gasteiger partial charge in [0.25, 0.3) is 5.91 Å². The molecule has 0 radical (unpaired) electrons. The minimum atomic E-state index is -0.230. The van der Waals surface area contributed by atoms with Crippen molar-refractivity contribution in [2.45, 2.75) is 13.3 Å². The summed E-state index contributed by atoms with van der Waals surface area (Å²) in [7, 11) is 0. The van der Waals surface area contributed by atoms with Crippen molar-refractivity contribution in [2.75, 3.05) is 5.32 Å².